The number of rotatable bonds is 3. The van der Waals surface area contributed by atoms with E-state index in [2.05, 4.69) is 31.1 Å². The smallest absolute Gasteiger partial charge is 0.300 e. The number of aryl methyl sites for hydroxylation is 2. The van der Waals surface area contributed by atoms with Gasteiger partial charge in [-0.05, 0) is 52.7 Å². The van der Waals surface area contributed by atoms with E-state index in [1.165, 1.54) is 11.3 Å². The maximum Gasteiger partial charge on any atom is 0.300 e. The highest BCUT2D eigenvalue weighted by molar-refractivity contribution is 9.11. The van der Waals surface area contributed by atoms with E-state index in [9.17, 15) is 0 Å². The second kappa shape index (κ2) is 4.88. The van der Waals surface area contributed by atoms with Gasteiger partial charge in [0.25, 0.3) is 5.19 Å². The molecule has 0 N–H and O–H groups in total. The summed E-state index contributed by atoms with van der Waals surface area (Å²) in [6, 6.07) is 3.83. The van der Waals surface area contributed by atoms with Crippen LogP contribution in [-0.2, 0) is 6.42 Å². The third kappa shape index (κ3) is 2.56. The quantitative estimate of drug-likeness (QED) is 0.872. The topological polar surface area (TPSA) is 47.9 Å². The number of aromatic nitrogens is 3. The van der Waals surface area contributed by atoms with Crippen LogP contribution in [0.25, 0.3) is 0 Å². The van der Waals surface area contributed by atoms with E-state index in [0.29, 0.717) is 9.11 Å². The molecular weight excluding hydrogens is 290 g/mol. The summed E-state index contributed by atoms with van der Waals surface area (Å²) < 4.78 is 6.34. The Kier molecular flexibility index (Phi) is 3.50. The minimum atomic E-state index is 0.521. The fourth-order valence-corrected chi connectivity index (χ4v) is 2.21. The highest BCUT2D eigenvalue weighted by atomic mass is 79.9. The van der Waals surface area contributed by atoms with Gasteiger partial charge in [-0.2, -0.15) is 0 Å². The number of ether oxygens (including phenoxy) is 1. The van der Waals surface area contributed by atoms with Crippen LogP contribution in [-0.4, -0.2) is 15.2 Å². The predicted molar refractivity (Wildman–Crippen MR) is 66.0 cm³/mol. The highest BCUT2D eigenvalue weighted by Crippen LogP contribution is 2.29. The van der Waals surface area contributed by atoms with E-state index in [4.69, 9.17) is 4.74 Å². The maximum absolute atomic E-state index is 5.63. The summed E-state index contributed by atoms with van der Waals surface area (Å²) in [4.78, 5) is 4.41. The lowest BCUT2D eigenvalue weighted by Crippen LogP contribution is -1.95. The average molecular weight is 300 g/mol. The van der Waals surface area contributed by atoms with Crippen LogP contribution in [0.2, 0.25) is 0 Å². The molecule has 84 valence electrons. The van der Waals surface area contributed by atoms with Crippen LogP contribution in [0.3, 0.4) is 0 Å². The van der Waals surface area contributed by atoms with Crippen molar-refractivity contribution in [2.45, 2.75) is 20.3 Å². The Morgan fingerprint density at radius 3 is 2.81 bits per heavy atom. The van der Waals surface area contributed by atoms with Crippen molar-refractivity contribution in [2.24, 2.45) is 0 Å². The van der Waals surface area contributed by atoms with E-state index in [1.807, 2.05) is 26.0 Å². The summed E-state index contributed by atoms with van der Waals surface area (Å²) >= 11 is 4.59. The van der Waals surface area contributed by atoms with Crippen molar-refractivity contribution in [3.8, 4) is 10.9 Å². The van der Waals surface area contributed by atoms with Crippen molar-refractivity contribution in [2.75, 3.05) is 0 Å². The molecule has 0 saturated heterocycles. The summed E-state index contributed by atoms with van der Waals surface area (Å²) in [6.07, 6.45) is 0.830. The second-order valence-electron chi connectivity index (χ2n) is 3.17. The van der Waals surface area contributed by atoms with E-state index in [1.54, 1.807) is 0 Å². The number of pyridine rings is 1. The summed E-state index contributed by atoms with van der Waals surface area (Å²) in [5.41, 5.74) is 1.92. The van der Waals surface area contributed by atoms with Gasteiger partial charge in [-0.25, -0.2) is 0 Å². The summed E-state index contributed by atoms with van der Waals surface area (Å²) in [7, 11) is 0. The standard InChI is InChI=1S/C10H10BrN3OS/c1-3-7-8(5-4-6(2)12-7)15-10-14-13-9(11)16-10/h4-5H,3H2,1-2H3. The van der Waals surface area contributed by atoms with Crippen molar-refractivity contribution in [3.63, 3.8) is 0 Å². The van der Waals surface area contributed by atoms with Gasteiger partial charge in [-0.15, -0.1) is 5.10 Å². The van der Waals surface area contributed by atoms with Crippen LogP contribution < -0.4 is 4.74 Å². The Hall–Kier alpha value is -1.01. The monoisotopic (exact) mass is 299 g/mol. The third-order valence-corrected chi connectivity index (χ3v) is 3.22. The van der Waals surface area contributed by atoms with Gasteiger partial charge in [-0.1, -0.05) is 12.0 Å². The summed E-state index contributed by atoms with van der Waals surface area (Å²) in [6.45, 7) is 4.01. The fourth-order valence-electron chi connectivity index (χ4n) is 1.27. The van der Waals surface area contributed by atoms with E-state index in [0.717, 1.165) is 23.6 Å². The Morgan fingerprint density at radius 1 is 1.38 bits per heavy atom. The number of nitrogens with zero attached hydrogens (tertiary/aromatic N) is 3. The molecule has 0 aliphatic heterocycles. The van der Waals surface area contributed by atoms with Crippen LogP contribution in [0.15, 0.2) is 16.0 Å². The molecule has 0 spiro atoms. The SMILES string of the molecule is CCc1nc(C)ccc1Oc1nnc(Br)s1. The molecule has 0 atom stereocenters. The molecule has 0 fully saturated rings. The molecular formula is C10H10BrN3OS. The van der Waals surface area contributed by atoms with Crippen molar-refractivity contribution >= 4 is 27.3 Å². The number of hydrogen-bond donors (Lipinski definition) is 0. The molecule has 2 rings (SSSR count). The van der Waals surface area contributed by atoms with Gasteiger partial charge < -0.3 is 4.74 Å². The molecule has 0 saturated carbocycles. The first kappa shape index (κ1) is 11.5. The van der Waals surface area contributed by atoms with E-state index < -0.39 is 0 Å². The van der Waals surface area contributed by atoms with Crippen molar-refractivity contribution in [3.05, 3.63) is 27.4 Å². The van der Waals surface area contributed by atoms with E-state index in [-0.39, 0.29) is 0 Å². The van der Waals surface area contributed by atoms with Crippen LogP contribution in [0, 0.1) is 6.92 Å². The first-order valence-corrected chi connectivity index (χ1v) is 6.43. The van der Waals surface area contributed by atoms with E-state index >= 15 is 0 Å². The van der Waals surface area contributed by atoms with Crippen LogP contribution in [0.5, 0.6) is 10.9 Å². The van der Waals surface area contributed by atoms with Gasteiger partial charge in [0.15, 0.2) is 9.67 Å². The Balaban J connectivity index is 2.27. The molecule has 16 heavy (non-hydrogen) atoms. The highest BCUT2D eigenvalue weighted by Gasteiger charge is 2.08. The predicted octanol–water partition coefficient (Wildman–Crippen LogP) is 3.36. The van der Waals surface area contributed by atoms with Gasteiger partial charge in [0.1, 0.15) is 0 Å². The lowest BCUT2D eigenvalue weighted by atomic mass is 10.2. The third-order valence-electron chi connectivity index (χ3n) is 1.99. The minimum absolute atomic E-state index is 0.521. The molecule has 2 aromatic rings. The zero-order valence-corrected chi connectivity index (χ0v) is 11.3. The zero-order chi connectivity index (χ0) is 11.5. The number of halogens is 1. The van der Waals surface area contributed by atoms with Crippen molar-refractivity contribution in [1.82, 2.24) is 15.2 Å². The molecule has 2 aromatic heterocycles. The summed E-state index contributed by atoms with van der Waals surface area (Å²) in [5.74, 6) is 0.747. The van der Waals surface area contributed by atoms with Gasteiger partial charge in [0.05, 0.1) is 5.69 Å². The van der Waals surface area contributed by atoms with Gasteiger partial charge in [-0.3, -0.25) is 4.98 Å². The van der Waals surface area contributed by atoms with Gasteiger partial charge >= 0.3 is 0 Å². The second-order valence-corrected chi connectivity index (χ2v) is 5.39. The van der Waals surface area contributed by atoms with Crippen LogP contribution in [0.4, 0.5) is 0 Å². The zero-order valence-electron chi connectivity index (χ0n) is 8.90. The van der Waals surface area contributed by atoms with Gasteiger partial charge in [0.2, 0.25) is 0 Å². The largest absolute Gasteiger partial charge is 0.428 e. The normalized spacial score (nSPS) is 10.4. The van der Waals surface area contributed by atoms with Crippen LogP contribution >= 0.6 is 27.3 Å². The molecule has 0 amide bonds. The molecule has 2 heterocycles. The molecule has 0 bridgehead atoms. The molecule has 0 aliphatic carbocycles. The average Bonchev–Trinajstić information content (AvgIpc) is 2.67. The minimum Gasteiger partial charge on any atom is -0.428 e. The first-order valence-electron chi connectivity index (χ1n) is 4.82. The Labute approximate surface area is 106 Å². The Morgan fingerprint density at radius 2 is 2.19 bits per heavy atom. The lowest BCUT2D eigenvalue weighted by molar-refractivity contribution is 0.464. The van der Waals surface area contributed by atoms with Crippen molar-refractivity contribution < 1.29 is 4.74 Å². The fraction of sp³-hybridized carbons (Fsp3) is 0.300. The molecule has 0 unspecified atom stereocenters. The Bertz CT molecular complexity index is 501. The maximum atomic E-state index is 5.63. The van der Waals surface area contributed by atoms with Crippen LogP contribution in [0.1, 0.15) is 18.3 Å². The summed E-state index contributed by atoms with van der Waals surface area (Å²) in [5, 5.41) is 8.23. The molecule has 0 aromatic carbocycles. The molecule has 0 radical (unpaired) electrons. The van der Waals surface area contributed by atoms with Gasteiger partial charge in [0, 0.05) is 5.69 Å². The molecule has 0 aliphatic rings. The van der Waals surface area contributed by atoms with Crippen molar-refractivity contribution in [1.29, 1.82) is 0 Å². The first-order chi connectivity index (χ1) is 7.69. The molecule has 6 heteroatoms. The molecule has 4 nitrogen and oxygen atoms in total. The number of hydrogen-bond acceptors (Lipinski definition) is 5. The lowest BCUT2D eigenvalue weighted by Gasteiger charge is -2.06.